The molecule has 0 aliphatic heterocycles. The van der Waals surface area contributed by atoms with E-state index in [0.717, 1.165) is 24.0 Å². The molecule has 1 aromatic carbocycles. The largest absolute Gasteiger partial charge is 0.514 e. The van der Waals surface area contributed by atoms with Crippen molar-refractivity contribution in [1.29, 1.82) is 0 Å². The summed E-state index contributed by atoms with van der Waals surface area (Å²) in [6.45, 7) is 4.15. The lowest BCUT2D eigenvalue weighted by Gasteiger charge is -2.16. The molecule has 100 valence electrons. The van der Waals surface area contributed by atoms with Gasteiger partial charge in [0.1, 0.15) is 12.4 Å². The molecule has 3 nitrogen and oxygen atoms in total. The van der Waals surface area contributed by atoms with Crippen molar-refractivity contribution in [2.75, 3.05) is 6.61 Å². The van der Waals surface area contributed by atoms with E-state index in [1.54, 1.807) is 0 Å². The summed E-state index contributed by atoms with van der Waals surface area (Å²) in [4.78, 5) is 11.6. The quantitative estimate of drug-likeness (QED) is 0.605. The van der Waals surface area contributed by atoms with Crippen LogP contribution < -0.4 is 0 Å². The fraction of sp³-hybridized carbons (Fsp3) is 0.312. The van der Waals surface area contributed by atoms with Crippen LogP contribution in [0.2, 0.25) is 0 Å². The van der Waals surface area contributed by atoms with Gasteiger partial charge in [-0.3, -0.25) is 0 Å². The second kappa shape index (κ2) is 6.23. The number of carbonyl (C=O) groups is 1. The number of carbonyl (C=O) groups excluding carboxylic acids is 1. The molecule has 0 unspecified atom stereocenters. The molecule has 0 bridgehead atoms. The third-order valence-corrected chi connectivity index (χ3v) is 2.91. The Kier molecular flexibility index (Phi) is 4.39. The molecule has 0 fully saturated rings. The second-order valence-electron chi connectivity index (χ2n) is 4.71. The van der Waals surface area contributed by atoms with Crippen LogP contribution in [0.5, 0.6) is 0 Å². The molecule has 2 rings (SSSR count). The number of hydrogen-bond acceptors (Lipinski definition) is 3. The molecule has 0 atom stereocenters. The molecule has 1 aliphatic carbocycles. The van der Waals surface area contributed by atoms with Crippen LogP contribution in [-0.2, 0) is 15.9 Å². The lowest BCUT2D eigenvalue weighted by atomic mass is 9.96. The van der Waals surface area contributed by atoms with Crippen LogP contribution in [0.25, 0.3) is 5.76 Å². The van der Waals surface area contributed by atoms with E-state index in [1.807, 2.05) is 44.2 Å². The van der Waals surface area contributed by atoms with Gasteiger partial charge in [0.15, 0.2) is 0 Å². The van der Waals surface area contributed by atoms with Gasteiger partial charge in [-0.1, -0.05) is 29.8 Å². The average Bonchev–Trinajstić information content (AvgIpc) is 2.39. The highest BCUT2D eigenvalue weighted by atomic mass is 16.7. The Bertz CT molecular complexity index is 523. The Labute approximate surface area is 113 Å². The van der Waals surface area contributed by atoms with Crippen molar-refractivity contribution in [3.8, 4) is 0 Å². The molecule has 0 N–H and O–H groups in total. The van der Waals surface area contributed by atoms with Crippen molar-refractivity contribution >= 4 is 11.9 Å². The Balaban J connectivity index is 1.98. The first-order valence-corrected chi connectivity index (χ1v) is 6.43. The van der Waals surface area contributed by atoms with Gasteiger partial charge >= 0.3 is 6.16 Å². The van der Waals surface area contributed by atoms with E-state index in [4.69, 9.17) is 9.47 Å². The maximum atomic E-state index is 11.6. The lowest BCUT2D eigenvalue weighted by molar-refractivity contribution is 0.100. The molecule has 0 aromatic heterocycles. The second-order valence-corrected chi connectivity index (χ2v) is 4.71. The SMILES string of the molecule is CC(C)=CCOC(=O)OC1=CCCc2ccccc21. The third-order valence-electron chi connectivity index (χ3n) is 2.91. The first kappa shape index (κ1) is 13.4. The zero-order valence-electron chi connectivity index (χ0n) is 11.3. The summed E-state index contributed by atoms with van der Waals surface area (Å²) in [5.41, 5.74) is 3.29. The molecule has 0 saturated carbocycles. The van der Waals surface area contributed by atoms with Crippen molar-refractivity contribution in [2.24, 2.45) is 0 Å². The van der Waals surface area contributed by atoms with E-state index in [-0.39, 0.29) is 6.61 Å². The van der Waals surface area contributed by atoms with E-state index in [1.165, 1.54) is 5.56 Å². The minimum absolute atomic E-state index is 0.246. The van der Waals surface area contributed by atoms with Crippen molar-refractivity contribution in [3.63, 3.8) is 0 Å². The van der Waals surface area contributed by atoms with Crippen molar-refractivity contribution in [1.82, 2.24) is 0 Å². The van der Waals surface area contributed by atoms with Crippen LogP contribution in [0.1, 0.15) is 31.4 Å². The van der Waals surface area contributed by atoms with E-state index in [9.17, 15) is 4.79 Å². The van der Waals surface area contributed by atoms with Crippen molar-refractivity contribution in [3.05, 3.63) is 53.1 Å². The topological polar surface area (TPSA) is 35.5 Å². The Morgan fingerprint density at radius 2 is 2.11 bits per heavy atom. The molecule has 1 aliphatic rings. The Hall–Kier alpha value is -2.03. The number of ether oxygens (including phenoxy) is 2. The molecule has 1 aromatic rings. The molecule has 0 radical (unpaired) electrons. The summed E-state index contributed by atoms with van der Waals surface area (Å²) in [6, 6.07) is 7.95. The third kappa shape index (κ3) is 3.71. The number of allylic oxidation sites excluding steroid dienone is 2. The number of aryl methyl sites for hydroxylation is 1. The maximum absolute atomic E-state index is 11.6. The number of benzene rings is 1. The fourth-order valence-corrected chi connectivity index (χ4v) is 1.94. The predicted octanol–water partition coefficient (Wildman–Crippen LogP) is 4.09. The highest BCUT2D eigenvalue weighted by Crippen LogP contribution is 2.27. The zero-order chi connectivity index (χ0) is 13.7. The maximum Gasteiger partial charge on any atom is 0.514 e. The Morgan fingerprint density at radius 1 is 1.32 bits per heavy atom. The van der Waals surface area contributed by atoms with Gasteiger partial charge < -0.3 is 9.47 Å². The summed E-state index contributed by atoms with van der Waals surface area (Å²) < 4.78 is 10.3. The van der Waals surface area contributed by atoms with Crippen molar-refractivity contribution < 1.29 is 14.3 Å². The van der Waals surface area contributed by atoms with Crippen LogP contribution >= 0.6 is 0 Å². The van der Waals surface area contributed by atoms with Crippen molar-refractivity contribution in [2.45, 2.75) is 26.7 Å². The van der Waals surface area contributed by atoms with Gasteiger partial charge in [-0.05, 0) is 44.4 Å². The van der Waals surface area contributed by atoms with Gasteiger partial charge in [-0.25, -0.2) is 4.79 Å². The molecular weight excluding hydrogens is 240 g/mol. The van der Waals surface area contributed by atoms with E-state index >= 15 is 0 Å². The molecular formula is C16H18O3. The predicted molar refractivity (Wildman–Crippen MR) is 74.6 cm³/mol. The molecule has 3 heteroatoms. The summed E-state index contributed by atoms with van der Waals surface area (Å²) >= 11 is 0. The minimum atomic E-state index is -0.652. The van der Waals surface area contributed by atoms with Gasteiger partial charge in [0.2, 0.25) is 0 Å². The molecule has 0 spiro atoms. The van der Waals surface area contributed by atoms with Gasteiger partial charge in [-0.15, -0.1) is 0 Å². The number of rotatable bonds is 3. The van der Waals surface area contributed by atoms with Gasteiger partial charge in [-0.2, -0.15) is 0 Å². The number of hydrogen-bond donors (Lipinski definition) is 0. The van der Waals surface area contributed by atoms with E-state index in [0.29, 0.717) is 5.76 Å². The standard InChI is InChI=1S/C16H18O3/c1-12(2)10-11-18-16(17)19-15-9-5-7-13-6-3-4-8-14(13)15/h3-4,6,8-10H,5,7,11H2,1-2H3. The van der Waals surface area contributed by atoms with Crippen LogP contribution in [0.3, 0.4) is 0 Å². The highest BCUT2D eigenvalue weighted by Gasteiger charge is 2.16. The zero-order valence-corrected chi connectivity index (χ0v) is 11.3. The minimum Gasteiger partial charge on any atom is -0.430 e. The monoisotopic (exact) mass is 258 g/mol. The van der Waals surface area contributed by atoms with E-state index < -0.39 is 6.16 Å². The summed E-state index contributed by atoms with van der Waals surface area (Å²) in [7, 11) is 0. The molecule has 19 heavy (non-hydrogen) atoms. The van der Waals surface area contributed by atoms with Crippen LogP contribution in [0, 0.1) is 0 Å². The smallest absolute Gasteiger partial charge is 0.430 e. The molecule has 0 amide bonds. The summed E-state index contributed by atoms with van der Waals surface area (Å²) in [5, 5.41) is 0. The van der Waals surface area contributed by atoms with Gasteiger partial charge in [0.25, 0.3) is 0 Å². The molecule has 0 saturated heterocycles. The van der Waals surface area contributed by atoms with Gasteiger partial charge in [0.05, 0.1) is 0 Å². The first-order valence-electron chi connectivity index (χ1n) is 6.43. The normalized spacial score (nSPS) is 13.1. The fourth-order valence-electron chi connectivity index (χ4n) is 1.94. The highest BCUT2D eigenvalue weighted by molar-refractivity contribution is 5.75. The molecule has 0 heterocycles. The Morgan fingerprint density at radius 3 is 2.89 bits per heavy atom. The van der Waals surface area contributed by atoms with E-state index in [2.05, 4.69) is 6.07 Å². The van der Waals surface area contributed by atoms with Gasteiger partial charge in [0, 0.05) is 5.56 Å². The van der Waals surface area contributed by atoms with Crippen LogP contribution in [0.4, 0.5) is 4.79 Å². The van der Waals surface area contributed by atoms with Crippen LogP contribution in [-0.4, -0.2) is 12.8 Å². The summed E-state index contributed by atoms with van der Waals surface area (Å²) in [6.07, 6.45) is 4.98. The summed E-state index contributed by atoms with van der Waals surface area (Å²) in [5.74, 6) is 0.601. The van der Waals surface area contributed by atoms with Crippen LogP contribution in [0.15, 0.2) is 42.0 Å². The first-order chi connectivity index (χ1) is 9.16. The lowest BCUT2D eigenvalue weighted by Crippen LogP contribution is -2.10. The number of fused-ring (bicyclic) bond motifs is 1. The average molecular weight is 258 g/mol.